The van der Waals surface area contributed by atoms with Gasteiger partial charge in [0.15, 0.2) is 11.5 Å². The molecule has 0 spiro atoms. The van der Waals surface area contributed by atoms with E-state index in [0.29, 0.717) is 10.8 Å². The fraction of sp³-hybridized carbons (Fsp3) is 0.154. The van der Waals surface area contributed by atoms with E-state index in [1.807, 2.05) is 6.92 Å². The number of halogens is 1. The molecular formula is C13H12FN7OS. The zero-order valence-electron chi connectivity index (χ0n) is 12.0. The van der Waals surface area contributed by atoms with Crippen LogP contribution in [0.2, 0.25) is 0 Å². The molecule has 118 valence electrons. The molecule has 0 saturated carbocycles. The second-order valence-electron chi connectivity index (χ2n) is 4.52. The first-order chi connectivity index (χ1) is 11.1. The summed E-state index contributed by atoms with van der Waals surface area (Å²) in [7, 11) is 0. The first-order valence-electron chi connectivity index (χ1n) is 6.69. The number of nitrogens with zero attached hydrogens (tertiary/aromatic N) is 5. The van der Waals surface area contributed by atoms with Gasteiger partial charge in [0.25, 0.3) is 5.91 Å². The highest BCUT2D eigenvalue weighted by molar-refractivity contribution is 7.15. The van der Waals surface area contributed by atoms with Gasteiger partial charge in [-0.15, -0.1) is 15.3 Å². The lowest BCUT2D eigenvalue weighted by Gasteiger charge is -2.03. The van der Waals surface area contributed by atoms with Crippen LogP contribution in [0.4, 0.5) is 15.3 Å². The number of amides is 1. The Morgan fingerprint density at radius 1 is 1.30 bits per heavy atom. The molecule has 0 aliphatic carbocycles. The van der Waals surface area contributed by atoms with E-state index in [9.17, 15) is 9.18 Å². The van der Waals surface area contributed by atoms with Gasteiger partial charge in [-0.3, -0.25) is 10.1 Å². The summed E-state index contributed by atoms with van der Waals surface area (Å²) < 4.78 is 14.2. The van der Waals surface area contributed by atoms with E-state index in [4.69, 9.17) is 5.73 Å². The van der Waals surface area contributed by atoms with E-state index in [1.54, 1.807) is 0 Å². The minimum absolute atomic E-state index is 0.0393. The maximum absolute atomic E-state index is 13.0. The van der Waals surface area contributed by atoms with Crippen molar-refractivity contribution in [3.05, 3.63) is 40.8 Å². The Labute approximate surface area is 134 Å². The molecule has 23 heavy (non-hydrogen) atoms. The Morgan fingerprint density at radius 2 is 2.04 bits per heavy atom. The van der Waals surface area contributed by atoms with Gasteiger partial charge in [0.1, 0.15) is 10.8 Å². The standard InChI is InChI=1S/C13H12FN7OS/c1-2-9-17-19-13(23-9)16-12(22)10-11(15)21(20-18-10)8-5-3-7(14)4-6-8/h3-6H,2,15H2,1H3,(H,16,19,22). The van der Waals surface area contributed by atoms with Crippen molar-refractivity contribution in [2.24, 2.45) is 0 Å². The second-order valence-corrected chi connectivity index (χ2v) is 5.58. The van der Waals surface area contributed by atoms with Gasteiger partial charge >= 0.3 is 0 Å². The van der Waals surface area contributed by atoms with Crippen LogP contribution in [0.5, 0.6) is 0 Å². The zero-order chi connectivity index (χ0) is 16.4. The molecule has 0 aliphatic heterocycles. The van der Waals surface area contributed by atoms with Gasteiger partial charge in [0, 0.05) is 0 Å². The van der Waals surface area contributed by atoms with Crippen LogP contribution in [0.25, 0.3) is 5.69 Å². The zero-order valence-corrected chi connectivity index (χ0v) is 12.8. The maximum atomic E-state index is 13.0. The molecule has 0 saturated heterocycles. The van der Waals surface area contributed by atoms with Gasteiger partial charge in [0.05, 0.1) is 5.69 Å². The van der Waals surface area contributed by atoms with Crippen LogP contribution in [-0.4, -0.2) is 31.1 Å². The third-order valence-electron chi connectivity index (χ3n) is 2.98. The van der Waals surface area contributed by atoms with Crippen molar-refractivity contribution in [2.75, 3.05) is 11.1 Å². The minimum Gasteiger partial charge on any atom is -0.382 e. The Hall–Kier alpha value is -2.88. The van der Waals surface area contributed by atoms with Crippen LogP contribution < -0.4 is 11.1 Å². The molecule has 1 aromatic carbocycles. The van der Waals surface area contributed by atoms with E-state index in [1.165, 1.54) is 40.3 Å². The van der Waals surface area contributed by atoms with Crippen molar-refractivity contribution in [3.8, 4) is 5.69 Å². The number of benzene rings is 1. The number of aromatic nitrogens is 5. The number of nitrogens with one attached hydrogen (secondary N) is 1. The number of rotatable bonds is 4. The molecule has 3 N–H and O–H groups in total. The molecule has 0 unspecified atom stereocenters. The van der Waals surface area contributed by atoms with Gasteiger partial charge in [-0.25, -0.2) is 4.39 Å². The van der Waals surface area contributed by atoms with Crippen molar-refractivity contribution < 1.29 is 9.18 Å². The Bertz CT molecular complexity index is 842. The third kappa shape index (κ3) is 3.01. The fourth-order valence-corrected chi connectivity index (χ4v) is 2.50. The van der Waals surface area contributed by atoms with Crippen molar-refractivity contribution in [3.63, 3.8) is 0 Å². The van der Waals surface area contributed by atoms with Crippen molar-refractivity contribution >= 4 is 28.2 Å². The van der Waals surface area contributed by atoms with Crippen LogP contribution >= 0.6 is 11.3 Å². The van der Waals surface area contributed by atoms with Crippen LogP contribution in [0.3, 0.4) is 0 Å². The Balaban J connectivity index is 1.83. The molecule has 2 heterocycles. The van der Waals surface area contributed by atoms with E-state index < -0.39 is 5.91 Å². The minimum atomic E-state index is -0.533. The third-order valence-corrected chi connectivity index (χ3v) is 3.96. The Kier molecular flexibility index (Phi) is 3.98. The fourth-order valence-electron chi connectivity index (χ4n) is 1.83. The number of anilines is 2. The highest BCUT2D eigenvalue weighted by Crippen LogP contribution is 2.19. The lowest BCUT2D eigenvalue weighted by molar-refractivity contribution is 0.102. The average Bonchev–Trinajstić information content (AvgIpc) is 3.14. The lowest BCUT2D eigenvalue weighted by atomic mass is 10.3. The molecule has 0 aliphatic rings. The number of aryl methyl sites for hydroxylation is 1. The monoisotopic (exact) mass is 333 g/mol. The van der Waals surface area contributed by atoms with Gasteiger partial charge in [-0.05, 0) is 30.7 Å². The van der Waals surface area contributed by atoms with Crippen molar-refractivity contribution in [2.45, 2.75) is 13.3 Å². The quantitative estimate of drug-likeness (QED) is 0.751. The predicted molar refractivity (Wildman–Crippen MR) is 83.0 cm³/mol. The normalized spacial score (nSPS) is 10.7. The molecule has 10 heteroatoms. The number of hydrogen-bond acceptors (Lipinski definition) is 7. The van der Waals surface area contributed by atoms with Gasteiger partial charge in [-0.2, -0.15) is 4.68 Å². The number of hydrogen-bond donors (Lipinski definition) is 2. The maximum Gasteiger partial charge on any atom is 0.281 e. The van der Waals surface area contributed by atoms with Crippen molar-refractivity contribution in [1.29, 1.82) is 0 Å². The Morgan fingerprint density at radius 3 is 2.70 bits per heavy atom. The molecule has 0 radical (unpaired) electrons. The molecule has 0 bridgehead atoms. The smallest absolute Gasteiger partial charge is 0.281 e. The summed E-state index contributed by atoms with van der Waals surface area (Å²) in [6.07, 6.45) is 0.733. The summed E-state index contributed by atoms with van der Waals surface area (Å²) in [5.41, 5.74) is 6.37. The summed E-state index contributed by atoms with van der Waals surface area (Å²) in [6, 6.07) is 5.51. The molecule has 3 aromatic rings. The van der Waals surface area contributed by atoms with Crippen LogP contribution in [-0.2, 0) is 6.42 Å². The van der Waals surface area contributed by atoms with E-state index in [0.717, 1.165) is 11.4 Å². The summed E-state index contributed by atoms with van der Waals surface area (Å²) in [4.78, 5) is 12.2. The lowest BCUT2D eigenvalue weighted by Crippen LogP contribution is -2.15. The van der Waals surface area contributed by atoms with E-state index in [-0.39, 0.29) is 17.3 Å². The van der Waals surface area contributed by atoms with E-state index in [2.05, 4.69) is 25.8 Å². The van der Waals surface area contributed by atoms with E-state index >= 15 is 0 Å². The number of carbonyl (C=O) groups is 1. The molecular weight excluding hydrogens is 321 g/mol. The molecule has 8 nitrogen and oxygen atoms in total. The summed E-state index contributed by atoms with van der Waals surface area (Å²) in [6.45, 7) is 1.94. The van der Waals surface area contributed by atoms with Crippen LogP contribution in [0.15, 0.2) is 24.3 Å². The molecule has 1 amide bonds. The molecule has 0 fully saturated rings. The first kappa shape index (κ1) is 15.0. The van der Waals surface area contributed by atoms with Crippen molar-refractivity contribution in [1.82, 2.24) is 25.2 Å². The summed E-state index contributed by atoms with van der Waals surface area (Å²) >= 11 is 1.27. The van der Waals surface area contributed by atoms with Gasteiger partial charge in [-0.1, -0.05) is 23.5 Å². The highest BCUT2D eigenvalue weighted by Gasteiger charge is 2.19. The second kappa shape index (κ2) is 6.08. The topological polar surface area (TPSA) is 112 Å². The highest BCUT2D eigenvalue weighted by atomic mass is 32.1. The first-order valence-corrected chi connectivity index (χ1v) is 7.51. The average molecular weight is 333 g/mol. The predicted octanol–water partition coefficient (Wildman–Crippen LogP) is 1.65. The number of carbonyl (C=O) groups excluding carboxylic acids is 1. The largest absolute Gasteiger partial charge is 0.382 e. The summed E-state index contributed by atoms with van der Waals surface area (Å²) in [5.74, 6) is -0.864. The van der Waals surface area contributed by atoms with Gasteiger partial charge < -0.3 is 5.73 Å². The van der Waals surface area contributed by atoms with Crippen LogP contribution in [0.1, 0.15) is 22.4 Å². The number of nitrogen functional groups attached to an aromatic ring is 1. The van der Waals surface area contributed by atoms with Crippen LogP contribution in [0, 0.1) is 5.82 Å². The molecule has 3 rings (SSSR count). The molecule has 2 aromatic heterocycles. The molecule has 0 atom stereocenters. The summed E-state index contributed by atoms with van der Waals surface area (Å²) in [5, 5.41) is 19.1. The van der Waals surface area contributed by atoms with Gasteiger partial charge in [0.2, 0.25) is 5.13 Å². The number of nitrogens with two attached hydrogens (primary N) is 1. The SMILES string of the molecule is CCc1nnc(NC(=O)c2nnn(-c3ccc(F)cc3)c2N)s1.